The third kappa shape index (κ3) is 4.53. The van der Waals surface area contributed by atoms with Crippen LogP contribution in [0.15, 0.2) is 24.3 Å². The summed E-state index contributed by atoms with van der Waals surface area (Å²) in [5, 5.41) is 14.5. The van der Waals surface area contributed by atoms with Gasteiger partial charge in [-0.1, -0.05) is 37.8 Å². The third-order valence-corrected chi connectivity index (χ3v) is 4.70. The Labute approximate surface area is 127 Å². The quantitative estimate of drug-likeness (QED) is 0.489. The molecule has 1 N–H and O–H groups in total. The van der Waals surface area contributed by atoms with Gasteiger partial charge in [-0.3, -0.25) is 10.1 Å². The summed E-state index contributed by atoms with van der Waals surface area (Å²) < 4.78 is 0. The number of nitro groups is 1. The molecule has 1 unspecified atom stereocenters. The van der Waals surface area contributed by atoms with Gasteiger partial charge in [0.15, 0.2) is 0 Å². The van der Waals surface area contributed by atoms with E-state index in [9.17, 15) is 10.1 Å². The van der Waals surface area contributed by atoms with Crippen molar-refractivity contribution < 1.29 is 4.92 Å². The first-order chi connectivity index (χ1) is 10.1. The number of hydrogen-bond acceptors (Lipinski definition) is 3. The second-order valence-electron chi connectivity index (χ2n) is 6.28. The lowest BCUT2D eigenvalue weighted by atomic mass is 9.92. The van der Waals surface area contributed by atoms with Gasteiger partial charge < -0.3 is 5.32 Å². The van der Waals surface area contributed by atoms with Crippen LogP contribution in [0.3, 0.4) is 0 Å². The van der Waals surface area contributed by atoms with E-state index in [4.69, 9.17) is 0 Å². The molecule has 1 fully saturated rings. The molecule has 116 valence electrons. The van der Waals surface area contributed by atoms with Crippen molar-refractivity contribution in [2.24, 2.45) is 5.92 Å². The van der Waals surface area contributed by atoms with E-state index < -0.39 is 0 Å². The summed E-state index contributed by atoms with van der Waals surface area (Å²) in [6.45, 7) is 4.34. The fourth-order valence-electron chi connectivity index (χ4n) is 3.35. The molecule has 2 rings (SSSR count). The molecule has 0 radical (unpaired) electrons. The Morgan fingerprint density at radius 2 is 1.86 bits per heavy atom. The van der Waals surface area contributed by atoms with Crippen molar-refractivity contribution in [2.45, 2.75) is 64.5 Å². The fourth-order valence-corrected chi connectivity index (χ4v) is 3.35. The minimum atomic E-state index is -0.328. The zero-order valence-corrected chi connectivity index (χ0v) is 13.0. The normalized spacial score (nSPS) is 19.7. The first-order valence-electron chi connectivity index (χ1n) is 8.08. The highest BCUT2D eigenvalue weighted by Gasteiger charge is 2.21. The van der Waals surface area contributed by atoms with E-state index in [0.717, 1.165) is 11.5 Å². The van der Waals surface area contributed by atoms with E-state index in [1.54, 1.807) is 18.2 Å². The van der Waals surface area contributed by atoms with E-state index in [1.165, 1.54) is 38.5 Å². The van der Waals surface area contributed by atoms with Crippen molar-refractivity contribution in [3.05, 3.63) is 39.9 Å². The Morgan fingerprint density at radius 1 is 1.19 bits per heavy atom. The molecule has 1 aliphatic rings. The highest BCUT2D eigenvalue weighted by molar-refractivity contribution is 5.35. The maximum atomic E-state index is 10.9. The molecule has 0 amide bonds. The van der Waals surface area contributed by atoms with Crippen LogP contribution in [0.25, 0.3) is 0 Å². The smallest absolute Gasteiger partial charge is 0.269 e. The second kappa shape index (κ2) is 7.55. The number of hydrogen-bond donors (Lipinski definition) is 1. The zero-order valence-electron chi connectivity index (χ0n) is 13.0. The van der Waals surface area contributed by atoms with Gasteiger partial charge in [-0.2, -0.15) is 0 Å². The first kappa shape index (κ1) is 16.0. The van der Waals surface area contributed by atoms with Gasteiger partial charge >= 0.3 is 0 Å². The Bertz CT molecular complexity index is 468. The molecule has 0 aliphatic heterocycles. The van der Waals surface area contributed by atoms with Crippen LogP contribution in [0, 0.1) is 16.0 Å². The highest BCUT2D eigenvalue weighted by Crippen LogP contribution is 2.27. The highest BCUT2D eigenvalue weighted by atomic mass is 16.6. The van der Waals surface area contributed by atoms with Crippen molar-refractivity contribution in [2.75, 3.05) is 0 Å². The van der Waals surface area contributed by atoms with Gasteiger partial charge in [0.05, 0.1) is 4.92 Å². The summed E-state index contributed by atoms with van der Waals surface area (Å²) in [5.41, 5.74) is 1.16. The Hall–Kier alpha value is -1.42. The predicted molar refractivity (Wildman–Crippen MR) is 85.3 cm³/mol. The zero-order chi connectivity index (χ0) is 15.2. The number of nitrogens with zero attached hydrogens (tertiary/aromatic N) is 1. The molecule has 2 atom stereocenters. The van der Waals surface area contributed by atoms with E-state index in [1.807, 2.05) is 6.07 Å². The van der Waals surface area contributed by atoms with E-state index in [2.05, 4.69) is 19.2 Å². The minimum Gasteiger partial charge on any atom is -0.307 e. The van der Waals surface area contributed by atoms with Crippen molar-refractivity contribution in [1.82, 2.24) is 5.32 Å². The summed E-state index contributed by atoms with van der Waals surface area (Å²) in [6, 6.07) is 7.55. The molecule has 1 aliphatic carbocycles. The number of nitro benzene ring substituents is 1. The van der Waals surface area contributed by atoms with Gasteiger partial charge in [0.1, 0.15) is 0 Å². The van der Waals surface area contributed by atoms with Crippen molar-refractivity contribution in [3.8, 4) is 0 Å². The fraction of sp³-hybridized carbons (Fsp3) is 0.647. The van der Waals surface area contributed by atoms with Crippen molar-refractivity contribution >= 4 is 5.69 Å². The number of non-ortho nitro benzene ring substituents is 1. The SMILES string of the molecule is CC(N[C@@H](C)C1CCCCCC1)c1cccc([N+](=O)[O-])c1. The van der Waals surface area contributed by atoms with Gasteiger partial charge in [0.25, 0.3) is 5.69 Å². The summed E-state index contributed by atoms with van der Waals surface area (Å²) in [6.07, 6.45) is 8.00. The molecule has 1 saturated carbocycles. The van der Waals surface area contributed by atoms with E-state index >= 15 is 0 Å². The summed E-state index contributed by atoms with van der Waals surface area (Å²) in [4.78, 5) is 10.5. The standard InChI is InChI=1S/C17H26N2O2/c1-13(15-8-5-3-4-6-9-15)18-14(2)16-10-7-11-17(12-16)19(20)21/h7,10-15,18H,3-6,8-9H2,1-2H3/t13-,14?/m0/s1. The lowest BCUT2D eigenvalue weighted by Gasteiger charge is -2.27. The van der Waals surface area contributed by atoms with Crippen LogP contribution in [-0.2, 0) is 0 Å². The van der Waals surface area contributed by atoms with Crippen LogP contribution in [0.5, 0.6) is 0 Å². The molecule has 4 nitrogen and oxygen atoms in total. The maximum absolute atomic E-state index is 10.9. The molecule has 4 heteroatoms. The van der Waals surface area contributed by atoms with Crippen LogP contribution in [0.2, 0.25) is 0 Å². The molecular weight excluding hydrogens is 264 g/mol. The summed E-state index contributed by atoms with van der Waals surface area (Å²) in [5.74, 6) is 0.730. The van der Waals surface area contributed by atoms with Crippen LogP contribution in [-0.4, -0.2) is 11.0 Å². The van der Waals surface area contributed by atoms with Crippen LogP contribution < -0.4 is 5.32 Å². The Morgan fingerprint density at radius 3 is 2.48 bits per heavy atom. The summed E-state index contributed by atoms with van der Waals surface area (Å²) >= 11 is 0. The lowest BCUT2D eigenvalue weighted by molar-refractivity contribution is -0.384. The number of rotatable bonds is 5. The molecule has 1 aromatic carbocycles. The van der Waals surface area contributed by atoms with Gasteiger partial charge in [-0.05, 0) is 38.2 Å². The molecule has 0 saturated heterocycles. The first-order valence-corrected chi connectivity index (χ1v) is 8.08. The van der Waals surface area contributed by atoms with Gasteiger partial charge in [0.2, 0.25) is 0 Å². The summed E-state index contributed by atoms with van der Waals surface area (Å²) in [7, 11) is 0. The minimum absolute atomic E-state index is 0.142. The van der Waals surface area contributed by atoms with Gasteiger partial charge in [-0.25, -0.2) is 0 Å². The van der Waals surface area contributed by atoms with Crippen LogP contribution >= 0.6 is 0 Å². The maximum Gasteiger partial charge on any atom is 0.269 e. The molecule has 1 aromatic rings. The molecule has 0 bridgehead atoms. The van der Waals surface area contributed by atoms with E-state index in [0.29, 0.717) is 6.04 Å². The lowest BCUT2D eigenvalue weighted by Crippen LogP contribution is -2.35. The Kier molecular flexibility index (Phi) is 5.74. The monoisotopic (exact) mass is 290 g/mol. The topological polar surface area (TPSA) is 55.2 Å². The predicted octanol–water partition coefficient (Wildman–Crippen LogP) is 4.60. The average molecular weight is 290 g/mol. The third-order valence-electron chi connectivity index (χ3n) is 4.70. The molecule has 0 aromatic heterocycles. The second-order valence-corrected chi connectivity index (χ2v) is 6.28. The molecule has 21 heavy (non-hydrogen) atoms. The number of nitrogens with one attached hydrogen (secondary N) is 1. The van der Waals surface area contributed by atoms with Gasteiger partial charge in [-0.15, -0.1) is 0 Å². The van der Waals surface area contributed by atoms with Gasteiger partial charge in [0, 0.05) is 24.2 Å². The Balaban J connectivity index is 1.97. The largest absolute Gasteiger partial charge is 0.307 e. The van der Waals surface area contributed by atoms with Crippen molar-refractivity contribution in [1.29, 1.82) is 0 Å². The van der Waals surface area contributed by atoms with Crippen LogP contribution in [0.1, 0.15) is 64.0 Å². The molecule has 0 heterocycles. The number of benzene rings is 1. The van der Waals surface area contributed by atoms with Crippen LogP contribution in [0.4, 0.5) is 5.69 Å². The molecule has 0 spiro atoms. The molecular formula is C17H26N2O2. The van der Waals surface area contributed by atoms with Crippen molar-refractivity contribution in [3.63, 3.8) is 0 Å². The average Bonchev–Trinajstić information content (AvgIpc) is 2.76. The van der Waals surface area contributed by atoms with E-state index in [-0.39, 0.29) is 16.7 Å².